The number of nitrogens with zero attached hydrogens (tertiary/aromatic N) is 5. The molecule has 11 heteroatoms. The molecule has 1 atom stereocenters. The first-order chi connectivity index (χ1) is 16.3. The Labute approximate surface area is 183 Å². The van der Waals surface area contributed by atoms with Crippen LogP contribution in [-0.4, -0.2) is 41.7 Å². The Morgan fingerprint density at radius 1 is 1.28 bits per heavy atom. The summed E-state index contributed by atoms with van der Waals surface area (Å²) in [5, 5.41) is 12.0. The lowest BCUT2D eigenvalue weighted by atomic mass is 9.96. The molecular weight excluding hydrogens is 428 g/mol. The van der Waals surface area contributed by atoms with E-state index in [9.17, 15) is 17.6 Å². The highest BCUT2D eigenvalue weighted by atomic mass is 19.4. The Balaban J connectivity index is 1.81. The molecule has 5 heterocycles. The average Bonchev–Trinajstić information content (AvgIpc) is 3.32. The zero-order chi connectivity index (χ0) is 25.3. The number of ether oxygens (including phenoxy) is 1. The molecule has 7 nitrogen and oxygen atoms in total. The van der Waals surface area contributed by atoms with Crippen molar-refractivity contribution in [3.8, 4) is 22.5 Å². The maximum Gasteiger partial charge on any atom is 0.419 e. The molecule has 0 unspecified atom stereocenters. The number of alkyl halides is 3. The third-order valence-corrected chi connectivity index (χ3v) is 5.42. The summed E-state index contributed by atoms with van der Waals surface area (Å²) < 4.78 is 84.7. The summed E-state index contributed by atoms with van der Waals surface area (Å²) in [7, 11) is 0. The molecule has 0 spiro atoms. The van der Waals surface area contributed by atoms with E-state index in [2.05, 4.69) is 25.3 Å². The van der Waals surface area contributed by atoms with Crippen LogP contribution in [0.5, 0.6) is 0 Å². The quantitative estimate of drug-likeness (QED) is 0.456. The normalized spacial score (nSPS) is 20.6. The van der Waals surface area contributed by atoms with Crippen molar-refractivity contribution in [2.24, 2.45) is 0 Å². The van der Waals surface area contributed by atoms with Crippen molar-refractivity contribution in [3.05, 3.63) is 47.3 Å². The van der Waals surface area contributed by atoms with E-state index in [0.29, 0.717) is 33.5 Å². The molecule has 0 aromatic carbocycles. The molecule has 4 aromatic rings. The second kappa shape index (κ2) is 6.83. The van der Waals surface area contributed by atoms with Gasteiger partial charge in [-0.15, -0.1) is 0 Å². The van der Waals surface area contributed by atoms with Gasteiger partial charge in [0.05, 0.1) is 36.4 Å². The minimum absolute atomic E-state index is 0.152. The number of aryl methyl sites for hydroxylation is 2. The van der Waals surface area contributed by atoms with E-state index in [1.54, 1.807) is 19.9 Å². The number of nitrogens with one attached hydrogen (secondary N) is 1. The highest BCUT2D eigenvalue weighted by Gasteiger charge is 2.55. The van der Waals surface area contributed by atoms with E-state index in [4.69, 9.17) is 8.85 Å². The molecule has 0 radical (unpaired) electrons. The van der Waals surface area contributed by atoms with Crippen molar-refractivity contribution in [2.75, 3.05) is 0 Å². The SMILES string of the molecule is [2H]C([2H])([2H])[C@@]1(C(F)(F)F)Cn2nc(-c3ccc(F)cn3)c(-c3cc(C)nc4[nH]nc(C)c34)c2CO1. The van der Waals surface area contributed by atoms with Gasteiger partial charge in [-0.25, -0.2) is 9.37 Å². The molecule has 32 heavy (non-hydrogen) atoms. The monoisotopic (exact) mass is 449 g/mol. The number of aromatic amines is 1. The van der Waals surface area contributed by atoms with E-state index in [1.807, 2.05) is 0 Å². The molecule has 1 aliphatic rings. The van der Waals surface area contributed by atoms with Gasteiger partial charge in [-0.2, -0.15) is 23.4 Å². The second-order valence-electron chi connectivity index (χ2n) is 7.65. The van der Waals surface area contributed by atoms with Gasteiger partial charge >= 0.3 is 6.18 Å². The number of halogens is 4. The number of H-pyrrole nitrogens is 1. The Morgan fingerprint density at radius 3 is 2.78 bits per heavy atom. The highest BCUT2D eigenvalue weighted by Crippen LogP contribution is 2.44. The van der Waals surface area contributed by atoms with Crippen LogP contribution in [-0.2, 0) is 17.9 Å². The minimum Gasteiger partial charge on any atom is -0.358 e. The molecule has 0 amide bonds. The zero-order valence-electron chi connectivity index (χ0n) is 19.9. The van der Waals surface area contributed by atoms with E-state index in [0.717, 1.165) is 16.9 Å². The number of hydrogen-bond acceptors (Lipinski definition) is 5. The number of pyridine rings is 2. The lowest BCUT2D eigenvalue weighted by Crippen LogP contribution is -2.51. The Kier molecular flexibility index (Phi) is 3.68. The van der Waals surface area contributed by atoms with Gasteiger partial charge in [-0.05, 0) is 38.9 Å². The third kappa shape index (κ3) is 3.07. The van der Waals surface area contributed by atoms with E-state index < -0.39 is 37.6 Å². The molecule has 0 bridgehead atoms. The minimum atomic E-state index is -5.20. The first-order valence-electron chi connectivity index (χ1n) is 11.1. The van der Waals surface area contributed by atoms with Crippen LogP contribution in [0, 0.1) is 19.7 Å². The molecule has 0 fully saturated rings. The van der Waals surface area contributed by atoms with Crippen LogP contribution in [0.15, 0.2) is 24.4 Å². The predicted octanol–water partition coefficient (Wildman–Crippen LogP) is 4.49. The highest BCUT2D eigenvalue weighted by molar-refractivity contribution is 5.99. The van der Waals surface area contributed by atoms with Gasteiger partial charge in [0.25, 0.3) is 0 Å². The van der Waals surface area contributed by atoms with Crippen molar-refractivity contribution in [2.45, 2.75) is 45.6 Å². The summed E-state index contributed by atoms with van der Waals surface area (Å²) in [4.78, 5) is 8.48. The van der Waals surface area contributed by atoms with Crippen LogP contribution in [0.4, 0.5) is 17.6 Å². The van der Waals surface area contributed by atoms with Gasteiger partial charge in [0, 0.05) is 26.3 Å². The van der Waals surface area contributed by atoms with Crippen LogP contribution in [0.3, 0.4) is 0 Å². The van der Waals surface area contributed by atoms with Gasteiger partial charge in [0.1, 0.15) is 11.5 Å². The molecule has 0 aliphatic carbocycles. The molecular formula is C21H18F4N6O. The van der Waals surface area contributed by atoms with Gasteiger partial charge in [-0.1, -0.05) is 0 Å². The lowest BCUT2D eigenvalue weighted by Gasteiger charge is -2.36. The number of fused-ring (bicyclic) bond motifs is 2. The molecule has 5 rings (SSSR count). The Morgan fingerprint density at radius 2 is 2.09 bits per heavy atom. The molecule has 0 saturated carbocycles. The van der Waals surface area contributed by atoms with E-state index >= 15 is 0 Å². The Hall–Kier alpha value is -3.34. The van der Waals surface area contributed by atoms with Gasteiger partial charge in [0.2, 0.25) is 0 Å². The van der Waals surface area contributed by atoms with Gasteiger partial charge in [-0.3, -0.25) is 14.8 Å². The summed E-state index contributed by atoms with van der Waals surface area (Å²) in [5.74, 6) is -0.603. The fourth-order valence-corrected chi connectivity index (χ4v) is 3.88. The number of rotatable bonds is 2. The summed E-state index contributed by atoms with van der Waals surface area (Å²) in [6.45, 7) is -1.80. The summed E-state index contributed by atoms with van der Waals surface area (Å²) in [6.07, 6.45) is -4.23. The first kappa shape index (κ1) is 17.2. The third-order valence-electron chi connectivity index (χ3n) is 5.42. The van der Waals surface area contributed by atoms with Crippen LogP contribution in [0.25, 0.3) is 33.5 Å². The second-order valence-corrected chi connectivity index (χ2v) is 7.65. The number of hydrogen-bond donors (Lipinski definition) is 1. The summed E-state index contributed by atoms with van der Waals surface area (Å²) in [6, 6.07) is 4.23. The van der Waals surface area contributed by atoms with Crippen LogP contribution in [0.2, 0.25) is 0 Å². The maximum atomic E-state index is 14.1. The zero-order valence-corrected chi connectivity index (χ0v) is 16.9. The van der Waals surface area contributed by atoms with Crippen molar-refractivity contribution in [1.29, 1.82) is 0 Å². The molecule has 4 aromatic heterocycles. The smallest absolute Gasteiger partial charge is 0.358 e. The van der Waals surface area contributed by atoms with Crippen molar-refractivity contribution < 1.29 is 26.4 Å². The van der Waals surface area contributed by atoms with Crippen LogP contribution >= 0.6 is 0 Å². The maximum absolute atomic E-state index is 14.1. The van der Waals surface area contributed by atoms with Crippen LogP contribution < -0.4 is 0 Å². The van der Waals surface area contributed by atoms with Crippen molar-refractivity contribution in [3.63, 3.8) is 0 Å². The molecule has 0 saturated heterocycles. The molecule has 1 aliphatic heterocycles. The molecule has 166 valence electrons. The topological polar surface area (TPSA) is 81.5 Å². The Bertz CT molecular complexity index is 1430. The largest absolute Gasteiger partial charge is 0.419 e. The predicted molar refractivity (Wildman–Crippen MR) is 107 cm³/mol. The fraction of sp³-hybridized carbons (Fsp3) is 0.333. The number of aromatic nitrogens is 6. The fourth-order valence-electron chi connectivity index (χ4n) is 3.88. The van der Waals surface area contributed by atoms with E-state index in [-0.39, 0.29) is 17.1 Å². The van der Waals surface area contributed by atoms with Crippen molar-refractivity contribution >= 4 is 11.0 Å². The van der Waals surface area contributed by atoms with Gasteiger partial charge in [0.15, 0.2) is 11.2 Å². The van der Waals surface area contributed by atoms with Crippen LogP contribution in [0.1, 0.15) is 28.0 Å². The van der Waals surface area contributed by atoms with E-state index in [1.165, 1.54) is 6.07 Å². The summed E-state index contributed by atoms with van der Waals surface area (Å²) in [5.41, 5.74) is -0.301. The average molecular weight is 449 g/mol. The van der Waals surface area contributed by atoms with Gasteiger partial charge < -0.3 is 4.74 Å². The standard InChI is InChI=1S/C21H18F4N6O/c1-10-6-13(16-11(2)28-29-19(16)27-10)17-15-8-32-20(3,21(23,24)25)9-31(15)30-18(17)14-5-4-12(22)7-26-14/h4-7H,8-9H2,1-3H3,(H,27,28,29)/t20-/m0/s1/i3D3. The summed E-state index contributed by atoms with van der Waals surface area (Å²) >= 11 is 0. The first-order valence-corrected chi connectivity index (χ1v) is 9.57. The van der Waals surface area contributed by atoms with Crippen molar-refractivity contribution in [1.82, 2.24) is 29.9 Å². The molecule has 1 N–H and O–H groups in total. The lowest BCUT2D eigenvalue weighted by molar-refractivity contribution is -0.287.